The fourth-order valence-electron chi connectivity index (χ4n) is 1.99. The lowest BCUT2D eigenvalue weighted by molar-refractivity contribution is -0.122. The number of rotatable bonds is 9. The Kier molecular flexibility index (Phi) is 10.3. The van der Waals surface area contributed by atoms with Gasteiger partial charge in [0.1, 0.15) is 10.3 Å². The fraction of sp³-hybridized carbons (Fsp3) is 0.529. The van der Waals surface area contributed by atoms with Crippen molar-refractivity contribution in [2.45, 2.75) is 52.0 Å². The van der Waals surface area contributed by atoms with E-state index >= 15 is 0 Å². The molecule has 26 heavy (non-hydrogen) atoms. The molecule has 144 valence electrons. The van der Waals surface area contributed by atoms with Gasteiger partial charge >= 0.3 is 6.09 Å². The number of carbonyl (C=O) groups excluding carboxylic acids is 3. The van der Waals surface area contributed by atoms with Crippen molar-refractivity contribution in [2.75, 3.05) is 6.61 Å². The molecule has 3 N–H and O–H groups in total. The number of halogens is 1. The molecule has 3 amide bonds. The van der Waals surface area contributed by atoms with Gasteiger partial charge in [0.15, 0.2) is 0 Å². The zero-order valence-electron chi connectivity index (χ0n) is 15.0. The largest absolute Gasteiger partial charge is 0.450 e. The van der Waals surface area contributed by atoms with Crippen LogP contribution in [0.5, 0.6) is 0 Å². The van der Waals surface area contributed by atoms with Crippen LogP contribution < -0.4 is 16.2 Å². The SMILES string of the molecule is CCCCOC(=O)N[C@@H](CC)CCC(=O)NNC(=O)c1cccc(Br)n1. The summed E-state index contributed by atoms with van der Waals surface area (Å²) in [6.07, 6.45) is 2.56. The first-order chi connectivity index (χ1) is 12.5. The second-order valence-electron chi connectivity index (χ2n) is 5.63. The van der Waals surface area contributed by atoms with Crippen molar-refractivity contribution in [2.24, 2.45) is 0 Å². The zero-order chi connectivity index (χ0) is 19.4. The van der Waals surface area contributed by atoms with Gasteiger partial charge in [-0.15, -0.1) is 0 Å². The van der Waals surface area contributed by atoms with Gasteiger partial charge in [-0.05, 0) is 47.3 Å². The molecule has 0 aliphatic rings. The van der Waals surface area contributed by atoms with Crippen molar-refractivity contribution in [3.63, 3.8) is 0 Å². The topological polar surface area (TPSA) is 109 Å². The quantitative estimate of drug-likeness (QED) is 0.318. The smallest absolute Gasteiger partial charge is 0.407 e. The summed E-state index contributed by atoms with van der Waals surface area (Å²) in [6.45, 7) is 4.31. The van der Waals surface area contributed by atoms with Gasteiger partial charge in [-0.2, -0.15) is 0 Å². The Hall–Kier alpha value is -2.16. The van der Waals surface area contributed by atoms with Crippen LogP contribution in [0.2, 0.25) is 0 Å². The predicted molar refractivity (Wildman–Crippen MR) is 100 cm³/mol. The molecule has 0 bridgehead atoms. The van der Waals surface area contributed by atoms with Gasteiger partial charge in [-0.3, -0.25) is 20.4 Å². The zero-order valence-corrected chi connectivity index (χ0v) is 16.6. The van der Waals surface area contributed by atoms with Crippen LogP contribution in [-0.2, 0) is 9.53 Å². The number of ether oxygens (including phenoxy) is 1. The monoisotopic (exact) mass is 428 g/mol. The molecule has 0 aliphatic carbocycles. The molecule has 0 aliphatic heterocycles. The molecule has 8 nitrogen and oxygen atoms in total. The van der Waals surface area contributed by atoms with Crippen LogP contribution in [0.15, 0.2) is 22.8 Å². The number of nitrogens with zero attached hydrogens (tertiary/aromatic N) is 1. The summed E-state index contributed by atoms with van der Waals surface area (Å²) in [5.74, 6) is -0.864. The first-order valence-corrected chi connectivity index (χ1v) is 9.40. The van der Waals surface area contributed by atoms with E-state index in [2.05, 4.69) is 37.1 Å². The number of hydrogen-bond donors (Lipinski definition) is 3. The lowest BCUT2D eigenvalue weighted by Gasteiger charge is -2.16. The Labute approximate surface area is 161 Å². The van der Waals surface area contributed by atoms with Crippen LogP contribution in [0.4, 0.5) is 4.79 Å². The average molecular weight is 429 g/mol. The van der Waals surface area contributed by atoms with E-state index in [1.165, 1.54) is 6.07 Å². The highest BCUT2D eigenvalue weighted by molar-refractivity contribution is 9.10. The normalized spacial score (nSPS) is 11.3. The highest BCUT2D eigenvalue weighted by Crippen LogP contribution is 2.06. The molecule has 0 fully saturated rings. The summed E-state index contributed by atoms with van der Waals surface area (Å²) in [5, 5.41) is 2.73. The molecule has 0 unspecified atom stereocenters. The molecule has 9 heteroatoms. The van der Waals surface area contributed by atoms with Gasteiger partial charge in [0.25, 0.3) is 5.91 Å². The maximum Gasteiger partial charge on any atom is 0.407 e. The van der Waals surface area contributed by atoms with Crippen molar-refractivity contribution in [1.82, 2.24) is 21.2 Å². The van der Waals surface area contributed by atoms with Gasteiger partial charge in [-0.1, -0.05) is 26.3 Å². The Morgan fingerprint density at radius 3 is 2.65 bits per heavy atom. The van der Waals surface area contributed by atoms with Crippen molar-refractivity contribution < 1.29 is 19.1 Å². The summed E-state index contributed by atoms with van der Waals surface area (Å²) in [7, 11) is 0. The number of nitrogens with one attached hydrogen (secondary N) is 3. The fourth-order valence-corrected chi connectivity index (χ4v) is 2.33. The van der Waals surface area contributed by atoms with Gasteiger partial charge in [0.05, 0.1) is 6.61 Å². The molecule has 1 aromatic rings. The minimum absolute atomic E-state index is 0.153. The number of unbranched alkanes of at least 4 members (excludes halogenated alkanes) is 1. The van der Waals surface area contributed by atoms with Gasteiger partial charge < -0.3 is 10.1 Å². The van der Waals surface area contributed by atoms with E-state index in [-0.39, 0.29) is 24.1 Å². The number of amides is 3. The summed E-state index contributed by atoms with van der Waals surface area (Å²) in [4.78, 5) is 39.4. The standard InChI is InChI=1S/C17H25BrN4O4/c1-3-5-11-26-17(25)19-12(4-2)9-10-15(23)21-22-16(24)13-7-6-8-14(18)20-13/h6-8,12H,3-5,9-11H2,1-2H3,(H,19,25)(H,21,23)(H,22,24)/t12-/m0/s1. The summed E-state index contributed by atoms with van der Waals surface area (Å²) in [5.41, 5.74) is 4.83. The summed E-state index contributed by atoms with van der Waals surface area (Å²) in [6, 6.07) is 4.73. The molecule has 0 saturated heterocycles. The van der Waals surface area contributed by atoms with Gasteiger partial charge in [-0.25, -0.2) is 9.78 Å². The molecule has 1 rings (SSSR count). The Morgan fingerprint density at radius 1 is 1.23 bits per heavy atom. The highest BCUT2D eigenvalue weighted by Gasteiger charge is 2.14. The molecule has 0 spiro atoms. The number of pyridine rings is 1. The van der Waals surface area contributed by atoms with Crippen LogP contribution in [-0.4, -0.2) is 35.5 Å². The van der Waals surface area contributed by atoms with E-state index in [0.717, 1.165) is 12.8 Å². The molecule has 1 atom stereocenters. The third kappa shape index (κ3) is 8.80. The summed E-state index contributed by atoms with van der Waals surface area (Å²) < 4.78 is 5.57. The maximum atomic E-state index is 11.9. The van der Waals surface area contributed by atoms with Crippen LogP contribution in [0.1, 0.15) is 56.4 Å². The van der Waals surface area contributed by atoms with Crippen molar-refractivity contribution >= 4 is 33.8 Å². The first-order valence-electron chi connectivity index (χ1n) is 8.61. The molecule has 0 saturated carbocycles. The van der Waals surface area contributed by atoms with E-state index in [1.807, 2.05) is 13.8 Å². The van der Waals surface area contributed by atoms with E-state index < -0.39 is 12.0 Å². The number of hydrogen-bond acceptors (Lipinski definition) is 5. The van der Waals surface area contributed by atoms with Crippen LogP contribution in [0.25, 0.3) is 0 Å². The van der Waals surface area contributed by atoms with E-state index in [0.29, 0.717) is 24.1 Å². The van der Waals surface area contributed by atoms with Crippen LogP contribution >= 0.6 is 15.9 Å². The Bertz CT molecular complexity index is 612. The molecule has 0 radical (unpaired) electrons. The average Bonchev–Trinajstić information content (AvgIpc) is 2.63. The van der Waals surface area contributed by atoms with Crippen molar-refractivity contribution in [1.29, 1.82) is 0 Å². The number of carbonyl (C=O) groups is 3. The van der Waals surface area contributed by atoms with Crippen molar-refractivity contribution in [3.8, 4) is 0 Å². The van der Waals surface area contributed by atoms with Crippen LogP contribution in [0, 0.1) is 0 Å². The lowest BCUT2D eigenvalue weighted by Crippen LogP contribution is -2.43. The van der Waals surface area contributed by atoms with Gasteiger partial charge in [0, 0.05) is 12.5 Å². The maximum absolute atomic E-state index is 11.9. The second-order valence-corrected chi connectivity index (χ2v) is 6.44. The molecular weight excluding hydrogens is 404 g/mol. The predicted octanol–water partition coefficient (Wildman–Crippen LogP) is 2.69. The second kappa shape index (κ2) is 12.2. The number of hydrazine groups is 1. The van der Waals surface area contributed by atoms with E-state index in [4.69, 9.17) is 4.74 Å². The van der Waals surface area contributed by atoms with Gasteiger partial charge in [0.2, 0.25) is 5.91 Å². The minimum atomic E-state index is -0.510. The van der Waals surface area contributed by atoms with Crippen LogP contribution in [0.3, 0.4) is 0 Å². The molecular formula is C17H25BrN4O4. The number of aromatic nitrogens is 1. The number of alkyl carbamates (subject to hydrolysis) is 1. The van der Waals surface area contributed by atoms with E-state index in [1.54, 1.807) is 12.1 Å². The highest BCUT2D eigenvalue weighted by atomic mass is 79.9. The Morgan fingerprint density at radius 2 is 2.00 bits per heavy atom. The molecule has 1 heterocycles. The lowest BCUT2D eigenvalue weighted by atomic mass is 10.1. The molecule has 0 aromatic carbocycles. The van der Waals surface area contributed by atoms with E-state index in [9.17, 15) is 14.4 Å². The third-order valence-electron chi connectivity index (χ3n) is 3.53. The third-order valence-corrected chi connectivity index (χ3v) is 3.97. The molecule has 1 aromatic heterocycles. The minimum Gasteiger partial charge on any atom is -0.450 e. The van der Waals surface area contributed by atoms with Crippen molar-refractivity contribution in [3.05, 3.63) is 28.5 Å². The summed E-state index contributed by atoms with van der Waals surface area (Å²) >= 11 is 3.18. The first kappa shape index (κ1) is 21.9. The Balaban J connectivity index is 2.31.